The largest absolute Gasteiger partial charge is 0.464 e. The standard InChI is InChI=1S/C12H12N4O3/c1-7-8(3-4-10(14-7)12(18)19-2)15-11(17)9-5-6-13-16-9/h3-6H,1-2H3,(H,13,16)(H,15,17). The zero-order chi connectivity index (χ0) is 13.8. The van der Waals surface area contributed by atoms with Gasteiger partial charge in [-0.25, -0.2) is 9.78 Å². The Morgan fingerprint density at radius 2 is 2.11 bits per heavy atom. The van der Waals surface area contributed by atoms with Crippen molar-refractivity contribution < 1.29 is 14.3 Å². The molecule has 19 heavy (non-hydrogen) atoms. The van der Waals surface area contributed by atoms with Crippen LogP contribution in [0.1, 0.15) is 26.7 Å². The maximum atomic E-state index is 11.8. The molecule has 0 radical (unpaired) electrons. The van der Waals surface area contributed by atoms with Crippen LogP contribution in [0.4, 0.5) is 5.69 Å². The maximum absolute atomic E-state index is 11.8. The molecule has 2 aromatic heterocycles. The fraction of sp³-hybridized carbons (Fsp3) is 0.167. The van der Waals surface area contributed by atoms with Gasteiger partial charge in [0.15, 0.2) is 0 Å². The average Bonchev–Trinajstić information content (AvgIpc) is 2.94. The van der Waals surface area contributed by atoms with Gasteiger partial charge in [-0.05, 0) is 25.1 Å². The van der Waals surface area contributed by atoms with Crippen molar-refractivity contribution in [1.82, 2.24) is 15.2 Å². The normalized spacial score (nSPS) is 10.0. The van der Waals surface area contributed by atoms with Crippen LogP contribution in [-0.4, -0.2) is 34.2 Å². The van der Waals surface area contributed by atoms with Gasteiger partial charge < -0.3 is 10.1 Å². The Balaban J connectivity index is 2.18. The molecular formula is C12H12N4O3. The number of ether oxygens (including phenoxy) is 1. The number of methoxy groups -OCH3 is 1. The number of aromatic nitrogens is 3. The highest BCUT2D eigenvalue weighted by Gasteiger charge is 2.12. The maximum Gasteiger partial charge on any atom is 0.356 e. The Kier molecular flexibility index (Phi) is 3.56. The van der Waals surface area contributed by atoms with E-state index in [0.29, 0.717) is 17.1 Å². The molecule has 98 valence electrons. The summed E-state index contributed by atoms with van der Waals surface area (Å²) in [5.74, 6) is -0.845. The fourth-order valence-corrected chi connectivity index (χ4v) is 1.48. The molecule has 2 aromatic rings. The summed E-state index contributed by atoms with van der Waals surface area (Å²) in [6, 6.07) is 4.64. The molecule has 0 bridgehead atoms. The number of anilines is 1. The predicted octanol–water partition coefficient (Wildman–Crippen LogP) is 1.15. The molecule has 2 rings (SSSR count). The molecule has 7 nitrogen and oxygen atoms in total. The van der Waals surface area contributed by atoms with Crippen molar-refractivity contribution in [1.29, 1.82) is 0 Å². The molecule has 2 N–H and O–H groups in total. The van der Waals surface area contributed by atoms with Crippen LogP contribution in [0, 0.1) is 6.92 Å². The number of amides is 1. The molecule has 0 saturated heterocycles. The van der Waals surface area contributed by atoms with E-state index in [1.54, 1.807) is 19.1 Å². The molecule has 0 fully saturated rings. The molecule has 0 atom stereocenters. The van der Waals surface area contributed by atoms with E-state index < -0.39 is 5.97 Å². The molecule has 0 aliphatic heterocycles. The first-order valence-corrected chi connectivity index (χ1v) is 5.48. The second kappa shape index (κ2) is 5.30. The number of hydrogen-bond donors (Lipinski definition) is 2. The van der Waals surface area contributed by atoms with Gasteiger partial charge in [0.1, 0.15) is 11.4 Å². The minimum Gasteiger partial charge on any atom is -0.464 e. The summed E-state index contributed by atoms with van der Waals surface area (Å²) in [4.78, 5) is 27.2. The van der Waals surface area contributed by atoms with Gasteiger partial charge >= 0.3 is 5.97 Å². The number of nitrogens with one attached hydrogen (secondary N) is 2. The van der Waals surface area contributed by atoms with Gasteiger partial charge in [-0.1, -0.05) is 0 Å². The van der Waals surface area contributed by atoms with Gasteiger partial charge in [0.2, 0.25) is 0 Å². The van der Waals surface area contributed by atoms with E-state index in [-0.39, 0.29) is 11.6 Å². The van der Waals surface area contributed by atoms with E-state index in [2.05, 4.69) is 25.2 Å². The second-order valence-electron chi connectivity index (χ2n) is 3.75. The number of carbonyl (C=O) groups excluding carboxylic acids is 2. The van der Waals surface area contributed by atoms with Crippen LogP contribution in [-0.2, 0) is 4.74 Å². The first-order chi connectivity index (χ1) is 9.11. The Morgan fingerprint density at radius 1 is 1.32 bits per heavy atom. The minimum atomic E-state index is -0.519. The molecule has 0 aliphatic carbocycles. The quantitative estimate of drug-likeness (QED) is 0.807. The smallest absolute Gasteiger partial charge is 0.356 e. The van der Waals surface area contributed by atoms with Crippen molar-refractivity contribution in [2.24, 2.45) is 0 Å². The highest BCUT2D eigenvalue weighted by atomic mass is 16.5. The van der Waals surface area contributed by atoms with Gasteiger partial charge in [-0.3, -0.25) is 9.89 Å². The zero-order valence-electron chi connectivity index (χ0n) is 10.4. The van der Waals surface area contributed by atoms with Gasteiger partial charge in [0.25, 0.3) is 5.91 Å². The van der Waals surface area contributed by atoms with Gasteiger partial charge in [-0.15, -0.1) is 0 Å². The van der Waals surface area contributed by atoms with Crippen LogP contribution in [0.5, 0.6) is 0 Å². The van der Waals surface area contributed by atoms with Crippen LogP contribution in [0.25, 0.3) is 0 Å². The van der Waals surface area contributed by atoms with Crippen molar-refractivity contribution in [3.05, 3.63) is 41.5 Å². The Labute approximate surface area is 109 Å². The van der Waals surface area contributed by atoms with Gasteiger partial charge in [0, 0.05) is 6.20 Å². The third-order valence-corrected chi connectivity index (χ3v) is 2.47. The topological polar surface area (TPSA) is 97.0 Å². The van der Waals surface area contributed by atoms with Crippen LogP contribution in [0.3, 0.4) is 0 Å². The number of pyridine rings is 1. The molecule has 7 heteroatoms. The number of aromatic amines is 1. The lowest BCUT2D eigenvalue weighted by atomic mass is 10.2. The zero-order valence-corrected chi connectivity index (χ0v) is 10.4. The minimum absolute atomic E-state index is 0.194. The van der Waals surface area contributed by atoms with Gasteiger partial charge in [0.05, 0.1) is 18.5 Å². The average molecular weight is 260 g/mol. The third-order valence-electron chi connectivity index (χ3n) is 2.47. The number of nitrogens with zero attached hydrogens (tertiary/aromatic N) is 2. The van der Waals surface area contributed by atoms with Crippen molar-refractivity contribution in [3.8, 4) is 0 Å². The Morgan fingerprint density at radius 3 is 2.68 bits per heavy atom. The highest BCUT2D eigenvalue weighted by molar-refractivity contribution is 6.03. The van der Waals surface area contributed by atoms with E-state index in [1.807, 2.05) is 0 Å². The Hall–Kier alpha value is -2.70. The van der Waals surface area contributed by atoms with Crippen molar-refractivity contribution in [3.63, 3.8) is 0 Å². The molecular weight excluding hydrogens is 248 g/mol. The van der Waals surface area contributed by atoms with Crippen LogP contribution in [0.15, 0.2) is 24.4 Å². The summed E-state index contributed by atoms with van der Waals surface area (Å²) in [6.07, 6.45) is 1.49. The van der Waals surface area contributed by atoms with Crippen molar-refractivity contribution in [2.75, 3.05) is 12.4 Å². The number of carbonyl (C=O) groups is 2. The Bertz CT molecular complexity index is 607. The summed E-state index contributed by atoms with van der Waals surface area (Å²) < 4.78 is 4.57. The van der Waals surface area contributed by atoms with Gasteiger partial charge in [-0.2, -0.15) is 5.10 Å². The molecule has 0 spiro atoms. The van der Waals surface area contributed by atoms with E-state index in [4.69, 9.17) is 0 Å². The van der Waals surface area contributed by atoms with E-state index in [1.165, 1.54) is 19.4 Å². The highest BCUT2D eigenvalue weighted by Crippen LogP contribution is 2.14. The van der Waals surface area contributed by atoms with Crippen LogP contribution >= 0.6 is 0 Å². The van der Waals surface area contributed by atoms with E-state index in [0.717, 1.165) is 0 Å². The number of hydrogen-bond acceptors (Lipinski definition) is 5. The van der Waals surface area contributed by atoms with Crippen molar-refractivity contribution in [2.45, 2.75) is 6.92 Å². The number of H-pyrrole nitrogens is 1. The lowest BCUT2D eigenvalue weighted by Crippen LogP contribution is -2.14. The van der Waals surface area contributed by atoms with E-state index in [9.17, 15) is 9.59 Å². The second-order valence-corrected chi connectivity index (χ2v) is 3.75. The lowest BCUT2D eigenvalue weighted by Gasteiger charge is -2.07. The fourth-order valence-electron chi connectivity index (χ4n) is 1.48. The van der Waals surface area contributed by atoms with Crippen LogP contribution < -0.4 is 5.32 Å². The van der Waals surface area contributed by atoms with Crippen molar-refractivity contribution >= 4 is 17.6 Å². The lowest BCUT2D eigenvalue weighted by molar-refractivity contribution is 0.0594. The number of esters is 1. The molecule has 0 unspecified atom stereocenters. The molecule has 1 amide bonds. The number of aryl methyl sites for hydroxylation is 1. The molecule has 0 aromatic carbocycles. The molecule has 0 saturated carbocycles. The first-order valence-electron chi connectivity index (χ1n) is 5.48. The summed E-state index contributed by atoms with van der Waals surface area (Å²) in [7, 11) is 1.28. The monoisotopic (exact) mass is 260 g/mol. The summed E-state index contributed by atoms with van der Waals surface area (Å²) >= 11 is 0. The first kappa shape index (κ1) is 12.7. The summed E-state index contributed by atoms with van der Waals surface area (Å²) in [5, 5.41) is 8.92. The summed E-state index contributed by atoms with van der Waals surface area (Å²) in [5.41, 5.74) is 1.58. The predicted molar refractivity (Wildman–Crippen MR) is 66.9 cm³/mol. The molecule has 0 aliphatic rings. The number of rotatable bonds is 3. The SMILES string of the molecule is COC(=O)c1ccc(NC(=O)c2ccn[nH]2)c(C)n1. The third kappa shape index (κ3) is 2.76. The summed E-state index contributed by atoms with van der Waals surface area (Å²) in [6.45, 7) is 1.69. The van der Waals surface area contributed by atoms with Crippen LogP contribution in [0.2, 0.25) is 0 Å². The molecule has 2 heterocycles. The van der Waals surface area contributed by atoms with E-state index >= 15 is 0 Å².